The molecule has 2 saturated heterocycles. The van der Waals surface area contributed by atoms with E-state index in [1.807, 2.05) is 0 Å². The van der Waals surface area contributed by atoms with Crippen molar-refractivity contribution in [1.82, 2.24) is 39.0 Å². The van der Waals surface area contributed by atoms with Crippen molar-refractivity contribution in [3.8, 4) is 0 Å². The zero-order valence-electron chi connectivity index (χ0n) is 23.5. The number of ether oxygens (including phenoxy) is 2. The van der Waals surface area contributed by atoms with Crippen molar-refractivity contribution in [2.45, 2.75) is 49.4 Å². The van der Waals surface area contributed by atoms with Crippen molar-refractivity contribution in [2.24, 2.45) is 5.92 Å². The molecule has 8 N–H and O–H groups in total. The number of fused-ring (bicyclic) bond motifs is 2. The monoisotopic (exact) mass is 717 g/mol. The fourth-order valence-corrected chi connectivity index (χ4v) is 7.54. The largest absolute Gasteiger partial charge is 0.390 e. The fourth-order valence-electron chi connectivity index (χ4n) is 5.54. The Morgan fingerprint density at radius 3 is 2.35 bits per heavy atom. The molecule has 4 aromatic heterocycles. The molecule has 0 aromatic carbocycles. The van der Waals surface area contributed by atoms with Crippen LogP contribution in [0.2, 0.25) is 0 Å². The lowest BCUT2D eigenvalue weighted by molar-refractivity contribution is -0.0479. The molecule has 0 bridgehead atoms. The summed E-state index contributed by atoms with van der Waals surface area (Å²) < 4.78 is 55.8. The number of aliphatic hydroxyl groups excluding tert-OH is 2. The van der Waals surface area contributed by atoms with E-state index in [-0.39, 0.29) is 35.4 Å². The van der Waals surface area contributed by atoms with Crippen molar-refractivity contribution in [1.29, 1.82) is 0 Å². The third-order valence-electron chi connectivity index (χ3n) is 7.62. The molecular weight excluding hydrogens is 688 g/mol. The second-order valence-electron chi connectivity index (χ2n) is 10.4. The summed E-state index contributed by atoms with van der Waals surface area (Å²) in [5.74, 6) is 0.00288. The van der Waals surface area contributed by atoms with Gasteiger partial charge in [0.25, 0.3) is 0 Å². The van der Waals surface area contributed by atoms with Gasteiger partial charge < -0.3 is 36.9 Å². The number of hydrogen-bond donors (Lipinski definition) is 7. The lowest BCUT2D eigenvalue weighted by Crippen LogP contribution is -2.36. The second kappa shape index (κ2) is 13.4. The van der Waals surface area contributed by atoms with Gasteiger partial charge in [-0.2, -0.15) is 22.6 Å². The van der Waals surface area contributed by atoms with Crippen LogP contribution < -0.4 is 17.2 Å². The number of aliphatic hydroxyl groups is 2. The van der Waals surface area contributed by atoms with Gasteiger partial charge in [-0.1, -0.05) is 12.2 Å². The average Bonchev–Trinajstić information content (AvgIpc) is 3.77. The van der Waals surface area contributed by atoms with Gasteiger partial charge in [-0.05, 0) is 12.2 Å². The summed E-state index contributed by atoms with van der Waals surface area (Å²) in [6.45, 7) is -5.05. The normalized spacial score (nSPS) is 29.7. The fraction of sp³-hybridized carbons (Fsp3) is 0.545. The Hall–Kier alpha value is -2.75. The lowest BCUT2D eigenvalue weighted by Gasteiger charge is -2.24. The van der Waals surface area contributed by atoms with Crippen LogP contribution in [0.25, 0.3) is 22.3 Å². The van der Waals surface area contributed by atoms with Crippen LogP contribution in [0.4, 0.5) is 17.6 Å². The third-order valence-corrected chi connectivity index (χ3v) is 9.75. The number of anilines is 3. The molecule has 0 unspecified atom stereocenters. The summed E-state index contributed by atoms with van der Waals surface area (Å²) >= 11 is 8.43. The summed E-state index contributed by atoms with van der Waals surface area (Å²) in [4.78, 5) is 24.6. The maximum atomic E-state index is 13.5. The Labute approximate surface area is 271 Å². The van der Waals surface area contributed by atoms with Gasteiger partial charge in [-0.25, -0.2) is 29.1 Å². The standard InChI is InChI=1S/C22H29N11O9P2S2/c23-16-11-18(27-5-26-16)32(6-28-11)20-8(1-2-45)13(34)9(40-20)4-39-44(37,46)42-15-10(3-38-43-36)41-21(14(15)35)33-7-29-12-17(24)30-22(25)31-19(12)33/h5-10,13-15,20-21,34-35,45H,1-4H2,(H,37,46)(H2,23,26,27)(H4,24,25,30,31)/t8-,9-,10-,13+,14-,15-,20-,21-,44-/m1/s1. The Morgan fingerprint density at radius 2 is 1.63 bits per heavy atom. The number of hydrogen-bond acceptors (Lipinski definition) is 19. The topological polar surface area (TPSA) is 286 Å². The molecule has 2 aliphatic heterocycles. The Kier molecular flexibility index (Phi) is 9.66. The van der Waals surface area contributed by atoms with Gasteiger partial charge in [0, 0.05) is 5.92 Å². The van der Waals surface area contributed by atoms with Crippen LogP contribution in [0.1, 0.15) is 18.9 Å². The van der Waals surface area contributed by atoms with E-state index in [1.165, 1.54) is 23.5 Å². The molecule has 9 atom stereocenters. The predicted octanol–water partition coefficient (Wildman–Crippen LogP) is 0.528. The lowest BCUT2D eigenvalue weighted by atomic mass is 9.97. The molecule has 0 aliphatic carbocycles. The van der Waals surface area contributed by atoms with Crippen LogP contribution in [0.15, 0.2) is 19.0 Å². The van der Waals surface area contributed by atoms with Crippen molar-refractivity contribution in [3.05, 3.63) is 19.0 Å². The molecular formula is C22H29N11O9P2S2. The Balaban J connectivity index is 1.18. The van der Waals surface area contributed by atoms with Gasteiger partial charge in [-0.3, -0.25) is 22.7 Å². The molecule has 46 heavy (non-hydrogen) atoms. The summed E-state index contributed by atoms with van der Waals surface area (Å²) in [6.07, 6.45) is -3.51. The maximum absolute atomic E-state index is 13.5. The van der Waals surface area contributed by atoms with Gasteiger partial charge >= 0.3 is 15.5 Å². The van der Waals surface area contributed by atoms with Gasteiger partial charge in [-0.15, -0.1) is 0 Å². The summed E-state index contributed by atoms with van der Waals surface area (Å²) in [6, 6.07) is 0. The Morgan fingerprint density at radius 1 is 0.935 bits per heavy atom. The van der Waals surface area contributed by atoms with E-state index in [0.29, 0.717) is 23.3 Å². The number of nitrogens with two attached hydrogens (primary N) is 3. The molecule has 0 amide bonds. The van der Waals surface area contributed by atoms with Crippen LogP contribution >= 0.6 is 40.4 Å². The summed E-state index contributed by atoms with van der Waals surface area (Å²) in [5.41, 5.74) is 18.7. The van der Waals surface area contributed by atoms with Crippen LogP contribution in [0.5, 0.6) is 0 Å². The first-order chi connectivity index (χ1) is 22.0. The van der Waals surface area contributed by atoms with E-state index in [2.05, 4.69) is 54.8 Å². The number of nitrogen functional groups attached to an aromatic ring is 3. The van der Waals surface area contributed by atoms with Crippen LogP contribution in [-0.2, 0) is 32.2 Å². The molecule has 248 valence electrons. The molecule has 6 heterocycles. The number of thiol groups is 2. The first-order valence-electron chi connectivity index (χ1n) is 13.6. The molecule has 0 radical (unpaired) electrons. The predicted molar refractivity (Wildman–Crippen MR) is 167 cm³/mol. The molecule has 2 aliphatic rings. The first-order valence-corrected chi connectivity index (χ1v) is 17.7. The van der Waals surface area contributed by atoms with E-state index in [0.717, 1.165) is 0 Å². The quantitative estimate of drug-likeness (QED) is 0.0777. The summed E-state index contributed by atoms with van der Waals surface area (Å²) in [5, 5.41) is 22.4. The Bertz CT molecular complexity index is 1790. The van der Waals surface area contributed by atoms with E-state index in [1.54, 1.807) is 4.57 Å². The van der Waals surface area contributed by atoms with E-state index in [9.17, 15) is 19.3 Å². The summed E-state index contributed by atoms with van der Waals surface area (Å²) in [7, 11) is -0.668. The number of rotatable bonds is 12. The molecule has 0 saturated carbocycles. The van der Waals surface area contributed by atoms with Crippen LogP contribution in [0.3, 0.4) is 0 Å². The highest BCUT2D eigenvalue weighted by atomic mass is 32.7. The van der Waals surface area contributed by atoms with E-state index in [4.69, 9.17) is 40.2 Å². The maximum Gasteiger partial charge on any atom is 0.386 e. The second-order valence-corrected chi connectivity index (χ2v) is 14.1. The minimum Gasteiger partial charge on any atom is -0.390 e. The highest BCUT2D eigenvalue weighted by molar-refractivity contribution is 8.44. The average molecular weight is 718 g/mol. The number of nitrogens with zero attached hydrogens (tertiary/aromatic N) is 8. The van der Waals surface area contributed by atoms with E-state index >= 15 is 0 Å². The minimum absolute atomic E-state index is 0.00799. The van der Waals surface area contributed by atoms with E-state index < -0.39 is 71.0 Å². The van der Waals surface area contributed by atoms with Gasteiger partial charge in [0.2, 0.25) is 5.95 Å². The van der Waals surface area contributed by atoms with Crippen molar-refractivity contribution in [2.75, 3.05) is 36.2 Å². The number of imidazole rings is 2. The first kappa shape index (κ1) is 33.2. The van der Waals surface area contributed by atoms with Crippen LogP contribution in [0, 0.1) is 5.92 Å². The molecule has 0 spiro atoms. The molecule has 2 fully saturated rings. The third kappa shape index (κ3) is 6.27. The molecule has 20 nitrogen and oxygen atoms in total. The highest BCUT2D eigenvalue weighted by Crippen LogP contribution is 2.57. The van der Waals surface area contributed by atoms with Crippen LogP contribution in [-0.4, -0.2) is 98.7 Å². The zero-order chi connectivity index (χ0) is 32.7. The highest BCUT2D eigenvalue weighted by Gasteiger charge is 2.50. The van der Waals surface area contributed by atoms with Crippen molar-refractivity contribution >= 4 is 80.3 Å². The van der Waals surface area contributed by atoms with Gasteiger partial charge in [0.1, 0.15) is 48.0 Å². The molecule has 4 aromatic rings. The minimum atomic E-state index is -4.29. The van der Waals surface area contributed by atoms with Gasteiger partial charge in [0.15, 0.2) is 29.2 Å². The smallest absolute Gasteiger partial charge is 0.386 e. The van der Waals surface area contributed by atoms with Crippen molar-refractivity contribution < 1.29 is 42.4 Å². The SMILES string of the molecule is Nc1nc(N)c2ncn([C@@H]3O[C@H](COP=O)[C@@H](O[P@](=O)(S)OC[C@H]4O[C@@H](n5cnc6c(N)ncnc65)[C@H](CCS)[C@@H]4O)[C@H]3O)c2n1. The van der Waals surface area contributed by atoms with Gasteiger partial charge in [0.05, 0.1) is 32.0 Å². The molecule has 6 rings (SSSR count). The zero-order valence-corrected chi connectivity index (χ0v) is 27.1. The number of aromatic nitrogens is 8. The molecule has 24 heteroatoms. The van der Waals surface area contributed by atoms with Crippen molar-refractivity contribution in [3.63, 3.8) is 0 Å².